The zero-order valence-corrected chi connectivity index (χ0v) is 55.8. The van der Waals surface area contributed by atoms with Gasteiger partial charge in [-0.1, -0.05) is 124 Å². The number of amides is 8. The molecule has 2 aromatic carbocycles. The molecule has 3 fully saturated rings. The molecule has 3 saturated heterocycles. The number of rotatable bonds is 7. The molecule has 5 aliphatic heterocycles. The van der Waals surface area contributed by atoms with Crippen LogP contribution in [-0.2, 0) is 70.3 Å². The fourth-order valence-corrected chi connectivity index (χ4v) is 12.2. The van der Waals surface area contributed by atoms with Gasteiger partial charge in [0.05, 0.1) is 12.5 Å². The Kier molecular flexibility index (Phi) is 25.4. The molecule has 2 bridgehead atoms. The summed E-state index contributed by atoms with van der Waals surface area (Å²) in [5, 5.41) is 31.2. The number of nitrogens with one attached hydrogen (secondary N) is 4. The second kappa shape index (κ2) is 34.0. The Bertz CT molecular complexity index is 3750. The zero-order chi connectivity index (χ0) is 70.9. The molecule has 8 amide bonds. The molecule has 10 unspecified atom stereocenters. The molecule has 0 aliphatic carbocycles. The van der Waals surface area contributed by atoms with Crippen LogP contribution in [0.3, 0.4) is 0 Å². The first-order valence-corrected chi connectivity index (χ1v) is 32.8. The largest absolute Gasteiger partial charge is 0.505 e. The fourth-order valence-electron chi connectivity index (χ4n) is 12.2. The molecule has 0 saturated carbocycles. The SMILES string of the molecule is C/C1=C/C(O)CC(=O)Cc2nc(co2)C(=O)N2CCC=C2C(=O)OC(C(C)C)C(C)/C=C\C(=O)NCC=C1.CCC1NC(=O)C(NC(=O)c2ncccc2O)C(C)OC(=O)C(c2ccccc2)NC(=O)C2CC(=O)CCN2C(=O)C(Cc2ccccc2)N(C)C(=O)C2CCCN2C1=O. The maximum atomic E-state index is 14.8. The first kappa shape index (κ1) is 73.4. The van der Waals surface area contributed by atoms with Crippen LogP contribution in [0.25, 0.3) is 0 Å². The summed E-state index contributed by atoms with van der Waals surface area (Å²) < 4.78 is 17.0. The first-order valence-electron chi connectivity index (χ1n) is 32.8. The topological polar surface area (TPSA) is 364 Å². The minimum atomic E-state index is -1.68. The number of hydrogen-bond donors (Lipinski definition) is 6. The van der Waals surface area contributed by atoms with Gasteiger partial charge in [0.15, 0.2) is 17.4 Å². The average Bonchev–Trinajstić information content (AvgIpc) is 1.08. The third-order valence-corrected chi connectivity index (χ3v) is 17.4. The van der Waals surface area contributed by atoms with E-state index < -0.39 is 119 Å². The van der Waals surface area contributed by atoms with Crippen molar-refractivity contribution in [1.82, 2.24) is 50.8 Å². The summed E-state index contributed by atoms with van der Waals surface area (Å²) in [6.07, 6.45) is 9.72. The number of benzene rings is 2. The number of aliphatic hydroxyl groups excluding tert-OH is 1. The van der Waals surface area contributed by atoms with Gasteiger partial charge in [-0.05, 0) is 74.8 Å². The number of aromatic nitrogens is 2. The second-order valence-electron chi connectivity index (χ2n) is 25.0. The van der Waals surface area contributed by atoms with E-state index in [0.29, 0.717) is 12.8 Å². The summed E-state index contributed by atoms with van der Waals surface area (Å²) in [4.78, 5) is 177. The summed E-state index contributed by atoms with van der Waals surface area (Å²) in [5.74, 6) is -8.36. The lowest BCUT2D eigenvalue weighted by Gasteiger charge is -2.40. The number of allylic oxidation sites excluding steroid dienone is 2. The molecule has 0 radical (unpaired) electrons. The normalized spacial score (nSPS) is 26.4. The molecule has 2 aromatic heterocycles. The van der Waals surface area contributed by atoms with Crippen molar-refractivity contribution >= 4 is 70.8 Å². The van der Waals surface area contributed by atoms with E-state index in [-0.39, 0.29) is 123 Å². The maximum Gasteiger partial charge on any atom is 0.355 e. The summed E-state index contributed by atoms with van der Waals surface area (Å²) in [6, 6.07) is 11.7. The molecule has 27 nitrogen and oxygen atoms in total. The predicted octanol–water partition coefficient (Wildman–Crippen LogP) is 3.86. The number of cyclic esters (lactones) is 2. The van der Waals surface area contributed by atoms with E-state index in [4.69, 9.17) is 13.9 Å². The predicted molar refractivity (Wildman–Crippen MR) is 352 cm³/mol. The quantitative estimate of drug-likeness (QED) is 0.143. The van der Waals surface area contributed by atoms with Crippen LogP contribution >= 0.6 is 0 Å². The number of likely N-dealkylation sites (N-methyl/N-ethyl adjacent to an activating group) is 1. The fraction of sp³-hybridized carbons (Fsp3) is 0.437. The summed E-state index contributed by atoms with van der Waals surface area (Å²) in [7, 11) is 1.47. The highest BCUT2D eigenvalue weighted by molar-refractivity contribution is 6.02. The second-order valence-corrected chi connectivity index (χ2v) is 25.0. The number of hydrogen-bond acceptors (Lipinski definition) is 19. The molecule has 0 spiro atoms. The van der Waals surface area contributed by atoms with Crippen molar-refractivity contribution in [3.8, 4) is 5.75 Å². The molecule has 9 rings (SSSR count). The number of nitrogens with zero attached hydrogens (tertiary/aromatic N) is 6. The van der Waals surface area contributed by atoms with E-state index in [2.05, 4.69) is 31.2 Å². The lowest BCUT2D eigenvalue weighted by molar-refractivity contribution is -0.157. The van der Waals surface area contributed by atoms with E-state index in [1.807, 2.05) is 26.8 Å². The van der Waals surface area contributed by atoms with E-state index in [9.17, 15) is 67.7 Å². The van der Waals surface area contributed by atoms with Gasteiger partial charge in [0.25, 0.3) is 11.8 Å². The summed E-state index contributed by atoms with van der Waals surface area (Å²) >= 11 is 0. The van der Waals surface area contributed by atoms with Crippen molar-refractivity contribution in [3.05, 3.63) is 161 Å². The molecule has 5 aliphatic rings. The average molecular weight is 1350 g/mol. The van der Waals surface area contributed by atoms with Crippen LogP contribution in [0.1, 0.15) is 131 Å². The van der Waals surface area contributed by atoms with Gasteiger partial charge in [-0.15, -0.1) is 0 Å². The Labute approximate surface area is 567 Å². The van der Waals surface area contributed by atoms with Crippen molar-refractivity contribution in [1.29, 1.82) is 0 Å². The smallest absolute Gasteiger partial charge is 0.355 e. The molecular formula is C71H84N10O17. The highest BCUT2D eigenvalue weighted by Crippen LogP contribution is 2.29. The molecule has 520 valence electrons. The van der Waals surface area contributed by atoms with Crippen molar-refractivity contribution in [3.63, 3.8) is 0 Å². The van der Waals surface area contributed by atoms with E-state index in [1.54, 1.807) is 98.8 Å². The molecule has 27 heteroatoms. The summed E-state index contributed by atoms with van der Waals surface area (Å²) in [5.41, 5.74) is 1.37. The van der Waals surface area contributed by atoms with Gasteiger partial charge < -0.3 is 65.0 Å². The van der Waals surface area contributed by atoms with Crippen LogP contribution in [-0.4, -0.2) is 192 Å². The van der Waals surface area contributed by atoms with Crippen molar-refractivity contribution in [2.45, 2.75) is 154 Å². The number of piperidine rings is 1. The lowest BCUT2D eigenvalue weighted by atomic mass is 9.94. The number of ether oxygens (including phenoxy) is 2. The van der Waals surface area contributed by atoms with Gasteiger partial charge in [0.2, 0.25) is 41.3 Å². The summed E-state index contributed by atoms with van der Waals surface area (Å²) in [6.45, 7) is 11.0. The minimum Gasteiger partial charge on any atom is -0.505 e. The Balaban J connectivity index is 0.000000277. The number of Topliss-reactive ketones (excluding diaryl/α,β-unsaturated/α-hetero) is 2. The van der Waals surface area contributed by atoms with Gasteiger partial charge in [-0.2, -0.15) is 0 Å². The number of pyridine rings is 1. The van der Waals surface area contributed by atoms with E-state index in [0.717, 1.165) is 17.4 Å². The molecule has 4 aromatic rings. The molecule has 10 atom stereocenters. The van der Waals surface area contributed by atoms with Gasteiger partial charge in [-0.25, -0.2) is 19.6 Å². The van der Waals surface area contributed by atoms with Crippen LogP contribution in [0.4, 0.5) is 0 Å². The van der Waals surface area contributed by atoms with Gasteiger partial charge in [-0.3, -0.25) is 47.9 Å². The van der Waals surface area contributed by atoms with Gasteiger partial charge >= 0.3 is 11.9 Å². The molecule has 6 N–H and O–H groups in total. The number of carbonyl (C=O) groups is 12. The molecule has 98 heavy (non-hydrogen) atoms. The number of fused-ring (bicyclic) bond motifs is 5. The van der Waals surface area contributed by atoms with Crippen LogP contribution < -0.4 is 21.3 Å². The Hall–Kier alpha value is -10.4. The molecular weight excluding hydrogens is 1260 g/mol. The third kappa shape index (κ3) is 18.8. The highest BCUT2D eigenvalue weighted by atomic mass is 16.6. The number of carbonyl (C=O) groups excluding carboxylic acids is 12. The van der Waals surface area contributed by atoms with Gasteiger partial charge in [0.1, 0.15) is 71.7 Å². The zero-order valence-electron chi connectivity index (χ0n) is 55.8. The first-order chi connectivity index (χ1) is 46.8. The van der Waals surface area contributed by atoms with E-state index >= 15 is 0 Å². The Morgan fingerprint density at radius 3 is 2.22 bits per heavy atom. The number of ketones is 2. The van der Waals surface area contributed by atoms with Crippen molar-refractivity contribution < 1.29 is 81.6 Å². The van der Waals surface area contributed by atoms with Crippen molar-refractivity contribution in [2.24, 2.45) is 11.8 Å². The number of esters is 2. The van der Waals surface area contributed by atoms with Gasteiger partial charge in [0, 0.05) is 71.0 Å². The highest BCUT2D eigenvalue weighted by Gasteiger charge is 2.46. The maximum absolute atomic E-state index is 14.8. The standard InChI is InChI=1S/C43H49N7O10.C28H35N3O7/c1-4-29-40(56)49-21-12-17-30(49)41(57)48(3)32(23-26-13-7-5-8-14-26)42(58)50-22-19-28(51)24-31(50)37(53)47-35(27-15-9-6-10-16-27)43(59)60-25(2)34(38(54)45-29)46-39(55)36-33(52)18-11-20-44-36;1-17(2)26-19(4)9-10-24(34)29-11-5-7-18(3)13-20(32)14-21(33)15-25-30-22(16-37-25)27(35)31-12-6-8-23(31)28(36)38-26/h5-11,13-16,18,20,25,29-32,34-35,52H,4,12,17,19,21-24H2,1-3H3,(H,45,54)(H,46,55)(H,47,53);5,7-10,13,16-17,19-20,26,32H,6,11-12,14-15H2,1-4H3,(H,29,34)/b;7-5?,10-9-,18-13-. The number of oxazole rings is 1. The van der Waals surface area contributed by atoms with Crippen LogP contribution in [0.5, 0.6) is 5.75 Å². The third-order valence-electron chi connectivity index (χ3n) is 17.4. The number of aromatic hydroxyl groups is 1. The van der Waals surface area contributed by atoms with Crippen molar-refractivity contribution in [2.75, 3.05) is 33.2 Å². The van der Waals surface area contributed by atoms with Crippen LogP contribution in [0.2, 0.25) is 0 Å². The Morgan fingerprint density at radius 1 is 0.806 bits per heavy atom. The Morgan fingerprint density at radius 2 is 1.52 bits per heavy atom. The van der Waals surface area contributed by atoms with Crippen LogP contribution in [0.15, 0.2) is 137 Å². The monoisotopic (exact) mass is 1350 g/mol. The number of aliphatic hydroxyl groups is 1. The lowest BCUT2D eigenvalue weighted by Crippen LogP contribution is -2.61. The van der Waals surface area contributed by atoms with Crippen LogP contribution in [0, 0.1) is 11.8 Å². The molecule has 7 heterocycles. The minimum absolute atomic E-state index is 0.0315. The van der Waals surface area contributed by atoms with E-state index in [1.165, 1.54) is 58.0 Å².